The molecule has 5 aromatic rings. The van der Waals surface area contributed by atoms with Gasteiger partial charge in [0.25, 0.3) is 30.4 Å². The van der Waals surface area contributed by atoms with E-state index >= 15 is 0 Å². The summed E-state index contributed by atoms with van der Waals surface area (Å²) in [5.41, 5.74) is -1.51. The highest BCUT2D eigenvalue weighted by molar-refractivity contribution is 7.86. The van der Waals surface area contributed by atoms with Crippen LogP contribution in [-0.4, -0.2) is 79.2 Å². The number of amidine groups is 2. The molecule has 0 unspecified atom stereocenters. The Bertz CT molecular complexity index is 2970. The number of nitrogens with zero attached hydrogens (tertiary/aromatic N) is 6. The number of benzene rings is 5. The Morgan fingerprint density at radius 3 is 1.95 bits per heavy atom. The van der Waals surface area contributed by atoms with Gasteiger partial charge in [0.2, 0.25) is 11.3 Å². The van der Waals surface area contributed by atoms with Crippen molar-refractivity contribution in [3.63, 3.8) is 0 Å². The maximum absolute atomic E-state index is 12.4. The number of carboxylic acid groups (broad SMARTS) is 1. The Morgan fingerprint density at radius 2 is 1.39 bits per heavy atom. The van der Waals surface area contributed by atoms with E-state index < -0.39 is 79.4 Å². The van der Waals surface area contributed by atoms with Crippen molar-refractivity contribution in [2.75, 3.05) is 12.4 Å². The number of anilines is 1. The summed E-state index contributed by atoms with van der Waals surface area (Å²) in [6.45, 7) is 1.54. The number of guanidine groups is 1. The van der Waals surface area contributed by atoms with Gasteiger partial charge in [0.05, 0.1) is 27.5 Å². The number of phenols is 1. The van der Waals surface area contributed by atoms with Crippen molar-refractivity contribution in [1.82, 2.24) is 5.32 Å². The number of aliphatic imine (C=N–C) groups is 2. The zero-order valence-corrected chi connectivity index (χ0v) is 32.0. The predicted molar refractivity (Wildman–Crippen MR) is 208 cm³/mol. The van der Waals surface area contributed by atoms with Crippen LogP contribution in [0.2, 0.25) is 0 Å². The molecular weight excluding hydrogens is 834 g/mol. The lowest BCUT2D eigenvalue weighted by molar-refractivity contribution is 0.0697. The summed E-state index contributed by atoms with van der Waals surface area (Å²) >= 11 is 5.95. The molecule has 57 heavy (non-hydrogen) atoms. The number of hydrogen-bond donors (Lipinski definition) is 8. The third-order valence-electron chi connectivity index (χ3n) is 7.62. The average molecular weight is 860 g/mol. The first kappa shape index (κ1) is 41.9. The summed E-state index contributed by atoms with van der Waals surface area (Å²) in [6.07, 6.45) is 0. The topological polar surface area (TPSA) is 343 Å². The van der Waals surface area contributed by atoms with Gasteiger partial charge in [0.1, 0.15) is 27.0 Å². The van der Waals surface area contributed by atoms with E-state index in [1.807, 2.05) is 0 Å². The van der Waals surface area contributed by atoms with Crippen molar-refractivity contribution in [3.8, 4) is 5.75 Å². The van der Waals surface area contributed by atoms with Gasteiger partial charge in [-0.3, -0.25) is 19.1 Å². The summed E-state index contributed by atoms with van der Waals surface area (Å²) in [5, 5.41) is 48.5. The number of phenolic OH excluding ortho intramolecular Hbond substituents is 1. The molecular formula is C32H26ClN9O12S3. The van der Waals surface area contributed by atoms with Gasteiger partial charge < -0.3 is 20.8 Å². The first-order chi connectivity index (χ1) is 26.6. The number of carbonyl (C=O) groups is 1. The van der Waals surface area contributed by atoms with Crippen LogP contribution in [0.5, 0.6) is 5.75 Å². The molecule has 0 saturated carbocycles. The van der Waals surface area contributed by atoms with E-state index in [-0.39, 0.29) is 44.2 Å². The Kier molecular flexibility index (Phi) is 11.8. The van der Waals surface area contributed by atoms with Crippen molar-refractivity contribution in [1.29, 1.82) is 5.41 Å². The van der Waals surface area contributed by atoms with Crippen LogP contribution in [0, 0.1) is 5.41 Å². The molecule has 0 amide bonds. The molecule has 8 N–H and O–H groups in total. The summed E-state index contributed by atoms with van der Waals surface area (Å²) in [7, 11) is -13.5. The van der Waals surface area contributed by atoms with Crippen LogP contribution in [0.25, 0.3) is 21.5 Å². The third kappa shape index (κ3) is 9.76. The number of fused-ring (bicyclic) bond motifs is 2. The lowest BCUT2D eigenvalue weighted by Crippen LogP contribution is -2.16. The zero-order valence-electron chi connectivity index (χ0n) is 28.8. The molecule has 0 fully saturated rings. The van der Waals surface area contributed by atoms with Gasteiger partial charge >= 0.3 is 5.97 Å². The number of carboxylic acids is 1. The van der Waals surface area contributed by atoms with E-state index in [1.54, 1.807) is 14.0 Å². The van der Waals surface area contributed by atoms with Crippen LogP contribution < -0.4 is 10.6 Å². The molecule has 21 nitrogen and oxygen atoms in total. The minimum absolute atomic E-state index is 0.0107. The first-order valence-corrected chi connectivity index (χ1v) is 20.1. The molecule has 0 aliphatic rings. The van der Waals surface area contributed by atoms with Gasteiger partial charge in [-0.2, -0.15) is 40.5 Å². The number of aromatic hydroxyl groups is 1. The largest absolute Gasteiger partial charge is 0.505 e. The summed E-state index contributed by atoms with van der Waals surface area (Å²) in [5.74, 6) is -2.66. The highest BCUT2D eigenvalue weighted by atomic mass is 35.5. The molecule has 296 valence electrons. The second kappa shape index (κ2) is 16.1. The van der Waals surface area contributed by atoms with Crippen LogP contribution in [0.3, 0.4) is 0 Å². The molecule has 5 rings (SSSR count). The van der Waals surface area contributed by atoms with Gasteiger partial charge in [-0.15, -0.1) is 10.2 Å². The molecule has 0 aliphatic carbocycles. The standard InChI is InChI=1S/C32H26ClN9O12S3/c1-15(35-2)36-31(33)38-32(34)37-24-14-21(55(46,47)48)12-18-13-25(56(49,50)51)27(28(43)26(18)24)42-40-20-7-5-19(6-8-20)39-41-23-10-4-16-11-17(30(44)45)3-9-22(16)29(23)57(52,53)54/h3-14,43H,1-2H3,(H,44,45)(H,46,47,48)(H,49,50,51)(H,52,53,54)(H3,34,35,36,37,38). The summed E-state index contributed by atoms with van der Waals surface area (Å²) in [4.78, 5) is 16.4. The molecule has 0 radical (unpaired) electrons. The molecule has 0 spiro atoms. The van der Waals surface area contributed by atoms with Gasteiger partial charge in [-0.25, -0.2) is 9.79 Å². The van der Waals surface area contributed by atoms with E-state index in [4.69, 9.17) is 17.0 Å². The van der Waals surface area contributed by atoms with E-state index in [0.29, 0.717) is 5.84 Å². The third-order valence-corrected chi connectivity index (χ3v) is 10.4. The first-order valence-electron chi connectivity index (χ1n) is 15.4. The molecule has 25 heteroatoms. The predicted octanol–water partition coefficient (Wildman–Crippen LogP) is 6.55. The number of rotatable bonds is 9. The Labute approximate surface area is 327 Å². The quantitative estimate of drug-likeness (QED) is 0.0256. The number of hydrogen-bond acceptors (Lipinski definition) is 13. The number of azo groups is 2. The molecule has 0 saturated heterocycles. The summed E-state index contributed by atoms with van der Waals surface area (Å²) < 4.78 is 103. The SMILES string of the molecule is CN/C(C)=N/C(Cl)=N\C(=N)Nc1cc(S(=O)(=O)O)cc2cc(S(=O)(=O)O)c(N=Nc3ccc(N=Nc4ccc5cc(C(=O)O)ccc5c4S(=O)(=O)O)cc3)c(O)c12. The zero-order chi connectivity index (χ0) is 42.0. The van der Waals surface area contributed by atoms with Crippen molar-refractivity contribution >= 4 is 115 Å². The van der Waals surface area contributed by atoms with Gasteiger partial charge in [-0.1, -0.05) is 12.1 Å². The number of halogens is 1. The highest BCUT2D eigenvalue weighted by Gasteiger charge is 2.26. The molecule has 0 heterocycles. The second-order valence-electron chi connectivity index (χ2n) is 11.4. The minimum atomic E-state index is -5.20. The van der Waals surface area contributed by atoms with Crippen LogP contribution in [0.15, 0.2) is 118 Å². The lowest BCUT2D eigenvalue weighted by atomic mass is 10.1. The number of aromatic carboxylic acids is 1. The van der Waals surface area contributed by atoms with Gasteiger partial charge in [0, 0.05) is 17.8 Å². The minimum Gasteiger partial charge on any atom is -0.505 e. The lowest BCUT2D eigenvalue weighted by Gasteiger charge is -2.14. The van der Waals surface area contributed by atoms with E-state index in [1.165, 1.54) is 48.5 Å². The number of nitrogens with one attached hydrogen (secondary N) is 3. The van der Waals surface area contributed by atoms with Crippen LogP contribution >= 0.6 is 11.6 Å². The van der Waals surface area contributed by atoms with Gasteiger partial charge in [0.15, 0.2) is 5.75 Å². The smallest absolute Gasteiger partial charge is 0.335 e. The fraction of sp³-hybridized carbons (Fsp3) is 0.0625. The molecule has 0 atom stereocenters. The Hall–Kier alpha value is -6.28. The van der Waals surface area contributed by atoms with E-state index in [0.717, 1.165) is 24.3 Å². The van der Waals surface area contributed by atoms with Crippen molar-refractivity contribution in [2.45, 2.75) is 21.6 Å². The average Bonchev–Trinajstić information content (AvgIpc) is 3.11. The fourth-order valence-electron chi connectivity index (χ4n) is 5.05. The maximum Gasteiger partial charge on any atom is 0.335 e. The molecule has 5 aromatic carbocycles. The van der Waals surface area contributed by atoms with Crippen LogP contribution in [-0.2, 0) is 30.4 Å². The Balaban J connectivity index is 1.54. The van der Waals surface area contributed by atoms with Crippen molar-refractivity contribution in [2.24, 2.45) is 30.4 Å². The molecule has 0 bridgehead atoms. The highest BCUT2D eigenvalue weighted by Crippen LogP contribution is 2.45. The van der Waals surface area contributed by atoms with E-state index in [2.05, 4.69) is 41.1 Å². The monoisotopic (exact) mass is 859 g/mol. The second-order valence-corrected chi connectivity index (χ2v) is 15.9. The molecule has 0 aliphatic heterocycles. The van der Waals surface area contributed by atoms with Crippen LogP contribution in [0.4, 0.5) is 28.4 Å². The van der Waals surface area contributed by atoms with Gasteiger partial charge in [-0.05, 0) is 90.0 Å². The van der Waals surface area contributed by atoms with Crippen molar-refractivity contribution < 1.29 is 53.9 Å². The van der Waals surface area contributed by atoms with Crippen LogP contribution in [0.1, 0.15) is 17.3 Å². The van der Waals surface area contributed by atoms with E-state index in [9.17, 15) is 53.9 Å². The summed E-state index contributed by atoms with van der Waals surface area (Å²) in [6, 6.07) is 13.7. The normalized spacial score (nSPS) is 13.2. The molecule has 0 aromatic heterocycles. The maximum atomic E-state index is 12.4. The fourth-order valence-corrected chi connectivity index (χ4v) is 7.29. The Morgan fingerprint density at radius 1 is 0.754 bits per heavy atom. The van der Waals surface area contributed by atoms with Crippen molar-refractivity contribution in [3.05, 3.63) is 78.4 Å².